The highest BCUT2D eigenvalue weighted by atomic mass is 16.3. The predicted molar refractivity (Wildman–Crippen MR) is 71.1 cm³/mol. The second-order valence-electron chi connectivity index (χ2n) is 4.58. The van der Waals surface area contributed by atoms with Crippen LogP contribution >= 0.6 is 0 Å². The maximum atomic E-state index is 12.2. The Kier molecular flexibility index (Phi) is 3.46. The molecule has 0 unspecified atom stereocenters. The van der Waals surface area contributed by atoms with Crippen LogP contribution in [-0.2, 0) is 20.6 Å². The molecule has 0 aliphatic rings. The van der Waals surface area contributed by atoms with Gasteiger partial charge in [0, 0.05) is 20.6 Å². The molecular formula is C12H15N5O3. The van der Waals surface area contributed by atoms with Gasteiger partial charge in [-0.15, -0.1) is 0 Å². The van der Waals surface area contributed by atoms with Crippen LogP contribution in [0.5, 0.6) is 0 Å². The number of hydrogen-bond donors (Lipinski definition) is 1. The van der Waals surface area contributed by atoms with Gasteiger partial charge in [-0.05, 0) is 6.92 Å². The van der Waals surface area contributed by atoms with Gasteiger partial charge in [0.05, 0.1) is 12.5 Å². The minimum atomic E-state index is -0.902. The highest BCUT2D eigenvalue weighted by molar-refractivity contribution is 5.71. The largest absolute Gasteiger partial charge is 0.385 e. The standard InChI is InChI=1S/C12H15N5O3/c1-7(18)9-14-10-8(17(9)6-4-5-13)11(19)16(3)12(20)15(10)2/h7,18H,4,6H2,1-3H3/t7-/m0/s1. The van der Waals surface area contributed by atoms with Gasteiger partial charge in [-0.25, -0.2) is 9.78 Å². The topological polar surface area (TPSA) is 106 Å². The van der Waals surface area contributed by atoms with Crippen LogP contribution in [0.1, 0.15) is 25.3 Å². The molecule has 8 nitrogen and oxygen atoms in total. The van der Waals surface area contributed by atoms with Gasteiger partial charge in [0.1, 0.15) is 11.9 Å². The zero-order valence-electron chi connectivity index (χ0n) is 11.5. The quantitative estimate of drug-likeness (QED) is 0.806. The predicted octanol–water partition coefficient (Wildman–Crippen LogP) is -0.599. The van der Waals surface area contributed by atoms with Crippen molar-refractivity contribution < 1.29 is 5.11 Å². The van der Waals surface area contributed by atoms with Crippen molar-refractivity contribution >= 4 is 11.2 Å². The van der Waals surface area contributed by atoms with E-state index in [9.17, 15) is 14.7 Å². The fraction of sp³-hybridized carbons (Fsp3) is 0.500. The molecule has 0 fully saturated rings. The monoisotopic (exact) mass is 277 g/mol. The summed E-state index contributed by atoms with van der Waals surface area (Å²) in [5.74, 6) is 0.272. The van der Waals surface area contributed by atoms with Crippen molar-refractivity contribution in [2.75, 3.05) is 0 Å². The van der Waals surface area contributed by atoms with Gasteiger partial charge in [0.25, 0.3) is 5.56 Å². The van der Waals surface area contributed by atoms with Crippen LogP contribution in [0.3, 0.4) is 0 Å². The van der Waals surface area contributed by atoms with Gasteiger partial charge >= 0.3 is 5.69 Å². The van der Waals surface area contributed by atoms with Crippen molar-refractivity contribution in [3.05, 3.63) is 26.7 Å². The lowest BCUT2D eigenvalue weighted by Gasteiger charge is -2.08. The lowest BCUT2D eigenvalue weighted by Crippen LogP contribution is -2.37. The van der Waals surface area contributed by atoms with Crippen molar-refractivity contribution in [2.24, 2.45) is 14.1 Å². The molecule has 0 aliphatic carbocycles. The number of hydrogen-bond acceptors (Lipinski definition) is 5. The van der Waals surface area contributed by atoms with Crippen LogP contribution in [0.25, 0.3) is 11.2 Å². The van der Waals surface area contributed by atoms with E-state index in [0.717, 1.165) is 4.57 Å². The summed E-state index contributed by atoms with van der Waals surface area (Å²) in [6.07, 6.45) is -0.724. The molecule has 0 bridgehead atoms. The Morgan fingerprint density at radius 1 is 1.35 bits per heavy atom. The van der Waals surface area contributed by atoms with Gasteiger partial charge < -0.3 is 9.67 Å². The summed E-state index contributed by atoms with van der Waals surface area (Å²) < 4.78 is 3.75. The Morgan fingerprint density at radius 3 is 2.55 bits per heavy atom. The Hall–Kier alpha value is -2.40. The van der Waals surface area contributed by atoms with E-state index < -0.39 is 17.4 Å². The summed E-state index contributed by atoms with van der Waals surface area (Å²) in [5.41, 5.74) is -0.530. The first-order valence-electron chi connectivity index (χ1n) is 6.11. The fourth-order valence-electron chi connectivity index (χ4n) is 2.17. The minimum absolute atomic E-state index is 0.178. The van der Waals surface area contributed by atoms with E-state index in [1.807, 2.05) is 6.07 Å². The molecule has 0 saturated carbocycles. The molecule has 20 heavy (non-hydrogen) atoms. The molecule has 0 aromatic carbocycles. The Bertz CT molecular complexity index is 819. The van der Waals surface area contributed by atoms with Crippen LogP contribution in [0.2, 0.25) is 0 Å². The van der Waals surface area contributed by atoms with E-state index in [1.165, 1.54) is 30.2 Å². The third-order valence-corrected chi connectivity index (χ3v) is 3.20. The normalized spacial score (nSPS) is 12.6. The van der Waals surface area contributed by atoms with Crippen molar-refractivity contribution in [1.82, 2.24) is 18.7 Å². The number of rotatable bonds is 3. The molecule has 0 amide bonds. The van der Waals surface area contributed by atoms with Crippen LogP contribution in [0, 0.1) is 11.3 Å². The number of aliphatic hydroxyl groups is 1. The Balaban J connectivity index is 2.94. The summed E-state index contributed by atoms with van der Waals surface area (Å²) in [7, 11) is 2.89. The van der Waals surface area contributed by atoms with E-state index in [-0.39, 0.29) is 30.0 Å². The number of nitrogens with zero attached hydrogens (tertiary/aromatic N) is 5. The van der Waals surface area contributed by atoms with Crippen molar-refractivity contribution in [3.8, 4) is 6.07 Å². The third kappa shape index (κ3) is 1.92. The lowest BCUT2D eigenvalue weighted by atomic mass is 10.3. The lowest BCUT2D eigenvalue weighted by molar-refractivity contribution is 0.184. The Morgan fingerprint density at radius 2 is 2.00 bits per heavy atom. The van der Waals surface area contributed by atoms with Crippen LogP contribution in [-0.4, -0.2) is 23.8 Å². The number of aryl methyl sites for hydroxylation is 2. The zero-order chi connectivity index (χ0) is 15.0. The molecule has 2 rings (SSSR count). The maximum absolute atomic E-state index is 12.2. The number of fused-ring (bicyclic) bond motifs is 1. The molecule has 0 spiro atoms. The van der Waals surface area contributed by atoms with Gasteiger partial charge in [0.2, 0.25) is 0 Å². The first kappa shape index (κ1) is 14.0. The summed E-state index contributed by atoms with van der Waals surface area (Å²) in [6.45, 7) is 1.76. The van der Waals surface area contributed by atoms with Crippen LogP contribution < -0.4 is 11.2 Å². The summed E-state index contributed by atoms with van der Waals surface area (Å²) in [5, 5.41) is 18.5. The van der Waals surface area contributed by atoms with E-state index >= 15 is 0 Å². The zero-order valence-corrected chi connectivity index (χ0v) is 11.5. The van der Waals surface area contributed by atoms with E-state index in [4.69, 9.17) is 5.26 Å². The van der Waals surface area contributed by atoms with Crippen molar-refractivity contribution in [3.63, 3.8) is 0 Å². The van der Waals surface area contributed by atoms with Crippen molar-refractivity contribution in [2.45, 2.75) is 26.0 Å². The van der Waals surface area contributed by atoms with E-state index in [1.54, 1.807) is 0 Å². The van der Waals surface area contributed by atoms with Gasteiger partial charge in [-0.1, -0.05) is 0 Å². The SMILES string of the molecule is C[C@H](O)c1nc2c(c(=O)n(C)c(=O)n2C)n1CCC#N. The second kappa shape index (κ2) is 4.94. The first-order chi connectivity index (χ1) is 9.40. The van der Waals surface area contributed by atoms with E-state index in [2.05, 4.69) is 4.98 Å². The molecule has 8 heteroatoms. The Labute approximate surface area is 114 Å². The number of aromatic nitrogens is 4. The molecule has 1 N–H and O–H groups in total. The molecular weight excluding hydrogens is 262 g/mol. The highest BCUT2D eigenvalue weighted by Gasteiger charge is 2.20. The molecule has 2 aromatic rings. The smallest absolute Gasteiger partial charge is 0.332 e. The third-order valence-electron chi connectivity index (χ3n) is 3.20. The highest BCUT2D eigenvalue weighted by Crippen LogP contribution is 2.17. The fourth-order valence-corrected chi connectivity index (χ4v) is 2.17. The average molecular weight is 277 g/mol. The van der Waals surface area contributed by atoms with Gasteiger partial charge in [-0.2, -0.15) is 5.26 Å². The van der Waals surface area contributed by atoms with Crippen LogP contribution in [0.15, 0.2) is 9.59 Å². The molecule has 2 heterocycles. The summed E-state index contributed by atoms with van der Waals surface area (Å²) in [4.78, 5) is 28.3. The molecule has 1 atom stereocenters. The summed E-state index contributed by atoms with van der Waals surface area (Å²) in [6, 6.07) is 1.99. The average Bonchev–Trinajstić information content (AvgIpc) is 2.80. The summed E-state index contributed by atoms with van der Waals surface area (Å²) >= 11 is 0. The number of aliphatic hydroxyl groups excluding tert-OH is 1. The van der Waals surface area contributed by atoms with Crippen LogP contribution in [0.4, 0.5) is 0 Å². The maximum Gasteiger partial charge on any atom is 0.332 e. The first-order valence-corrected chi connectivity index (χ1v) is 6.11. The molecule has 106 valence electrons. The van der Waals surface area contributed by atoms with Gasteiger partial charge in [0.15, 0.2) is 11.2 Å². The van der Waals surface area contributed by atoms with Crippen molar-refractivity contribution in [1.29, 1.82) is 5.26 Å². The number of nitriles is 1. The molecule has 0 saturated heterocycles. The second-order valence-corrected chi connectivity index (χ2v) is 4.58. The minimum Gasteiger partial charge on any atom is -0.385 e. The molecule has 2 aromatic heterocycles. The molecule has 0 radical (unpaired) electrons. The van der Waals surface area contributed by atoms with Gasteiger partial charge in [-0.3, -0.25) is 13.9 Å². The number of imidazole rings is 1. The molecule has 0 aliphatic heterocycles. The van der Waals surface area contributed by atoms with E-state index in [0.29, 0.717) is 0 Å².